The molecular formula is C15H22N2O3S. The summed E-state index contributed by atoms with van der Waals surface area (Å²) in [4.78, 5) is 28.9. The maximum absolute atomic E-state index is 12.8. The molecule has 1 atom stereocenters. The standard InChI is InChI=1S/C15H22N2O3S/c1-3-15(13(18)19)8-6-9-17(15)14(20)16(4-2)11-12-7-5-10-21-12/h5,7,10H,3-4,6,8-9,11H2,1-2H3,(H,18,19). The molecule has 1 saturated heterocycles. The molecule has 1 N–H and O–H groups in total. The van der Waals surface area contributed by atoms with Crippen LogP contribution in [0.3, 0.4) is 0 Å². The summed E-state index contributed by atoms with van der Waals surface area (Å²) >= 11 is 1.61. The number of carbonyl (C=O) groups is 2. The van der Waals surface area contributed by atoms with Crippen LogP contribution in [-0.4, -0.2) is 45.5 Å². The molecule has 6 heteroatoms. The van der Waals surface area contributed by atoms with Crippen LogP contribution >= 0.6 is 11.3 Å². The zero-order chi connectivity index (χ0) is 15.5. The van der Waals surface area contributed by atoms with Crippen LogP contribution in [0, 0.1) is 0 Å². The SMILES string of the molecule is CCN(Cc1cccs1)C(=O)N1CCCC1(CC)C(=O)O. The highest BCUT2D eigenvalue weighted by atomic mass is 32.1. The Morgan fingerprint density at radius 1 is 1.48 bits per heavy atom. The molecule has 0 saturated carbocycles. The van der Waals surface area contributed by atoms with Crippen molar-refractivity contribution in [1.29, 1.82) is 0 Å². The van der Waals surface area contributed by atoms with Crippen molar-refractivity contribution in [1.82, 2.24) is 9.80 Å². The maximum atomic E-state index is 12.8. The molecule has 2 rings (SSSR count). The first kappa shape index (κ1) is 15.8. The zero-order valence-electron chi connectivity index (χ0n) is 12.5. The van der Waals surface area contributed by atoms with Gasteiger partial charge in [-0.2, -0.15) is 0 Å². The lowest BCUT2D eigenvalue weighted by atomic mass is 9.93. The summed E-state index contributed by atoms with van der Waals surface area (Å²) in [5.41, 5.74) is -1.03. The van der Waals surface area contributed by atoms with Gasteiger partial charge in [0.05, 0.1) is 6.54 Å². The lowest BCUT2D eigenvalue weighted by Crippen LogP contribution is -2.56. The van der Waals surface area contributed by atoms with Crippen molar-refractivity contribution in [3.63, 3.8) is 0 Å². The largest absolute Gasteiger partial charge is 0.479 e. The summed E-state index contributed by atoms with van der Waals surface area (Å²) < 4.78 is 0. The molecule has 0 radical (unpaired) electrons. The average molecular weight is 310 g/mol. The molecule has 1 aromatic rings. The average Bonchev–Trinajstić information content (AvgIpc) is 3.13. The minimum Gasteiger partial charge on any atom is -0.479 e. The molecule has 5 nitrogen and oxygen atoms in total. The third-order valence-corrected chi connectivity index (χ3v) is 5.14. The summed E-state index contributed by atoms with van der Waals surface area (Å²) in [5.74, 6) is -0.886. The van der Waals surface area contributed by atoms with E-state index in [0.717, 1.165) is 11.3 Å². The molecule has 2 heterocycles. The van der Waals surface area contributed by atoms with Crippen molar-refractivity contribution in [2.75, 3.05) is 13.1 Å². The fourth-order valence-electron chi connectivity index (χ4n) is 2.97. The Balaban J connectivity index is 2.18. The molecule has 21 heavy (non-hydrogen) atoms. The van der Waals surface area contributed by atoms with Gasteiger partial charge in [-0.05, 0) is 37.6 Å². The number of carboxylic acid groups (broad SMARTS) is 1. The van der Waals surface area contributed by atoms with E-state index in [1.807, 2.05) is 31.4 Å². The third-order valence-electron chi connectivity index (χ3n) is 4.28. The van der Waals surface area contributed by atoms with E-state index in [9.17, 15) is 14.7 Å². The second-order valence-electron chi connectivity index (χ2n) is 5.32. The van der Waals surface area contributed by atoms with Crippen molar-refractivity contribution < 1.29 is 14.7 Å². The number of nitrogens with zero attached hydrogens (tertiary/aromatic N) is 2. The summed E-state index contributed by atoms with van der Waals surface area (Å²) in [6.45, 7) is 5.42. The highest BCUT2D eigenvalue weighted by molar-refractivity contribution is 7.09. The second-order valence-corrected chi connectivity index (χ2v) is 6.35. The number of carboxylic acids is 1. The first-order valence-electron chi connectivity index (χ1n) is 7.37. The fourth-order valence-corrected chi connectivity index (χ4v) is 3.69. The third kappa shape index (κ3) is 2.90. The van der Waals surface area contributed by atoms with Crippen LogP contribution < -0.4 is 0 Å². The number of thiophene rings is 1. The fraction of sp³-hybridized carbons (Fsp3) is 0.600. The predicted molar refractivity (Wildman–Crippen MR) is 82.4 cm³/mol. The summed E-state index contributed by atoms with van der Waals surface area (Å²) in [6, 6.07) is 3.80. The zero-order valence-corrected chi connectivity index (χ0v) is 13.4. The Kier molecular flexibility index (Phi) is 4.88. The molecule has 1 aromatic heterocycles. The molecular weight excluding hydrogens is 288 g/mol. The number of hydrogen-bond acceptors (Lipinski definition) is 3. The van der Waals surface area contributed by atoms with Crippen molar-refractivity contribution in [2.24, 2.45) is 0 Å². The van der Waals surface area contributed by atoms with Gasteiger partial charge in [0.1, 0.15) is 5.54 Å². The van der Waals surface area contributed by atoms with Gasteiger partial charge < -0.3 is 14.9 Å². The lowest BCUT2D eigenvalue weighted by molar-refractivity contribution is -0.148. The first-order valence-corrected chi connectivity index (χ1v) is 8.25. The monoisotopic (exact) mass is 310 g/mol. The molecule has 1 unspecified atom stereocenters. The van der Waals surface area contributed by atoms with Crippen LogP contribution in [-0.2, 0) is 11.3 Å². The number of rotatable bonds is 5. The highest BCUT2D eigenvalue weighted by Gasteiger charge is 2.49. The van der Waals surface area contributed by atoms with Crippen LogP contribution in [0.4, 0.5) is 4.79 Å². The van der Waals surface area contributed by atoms with Gasteiger partial charge in [0.15, 0.2) is 0 Å². The van der Waals surface area contributed by atoms with E-state index in [0.29, 0.717) is 32.5 Å². The maximum Gasteiger partial charge on any atom is 0.329 e. The van der Waals surface area contributed by atoms with Crippen LogP contribution in [0.5, 0.6) is 0 Å². The quantitative estimate of drug-likeness (QED) is 0.909. The van der Waals surface area contributed by atoms with Gasteiger partial charge in [-0.25, -0.2) is 9.59 Å². The number of hydrogen-bond donors (Lipinski definition) is 1. The van der Waals surface area contributed by atoms with Gasteiger partial charge in [-0.1, -0.05) is 13.0 Å². The molecule has 1 aliphatic heterocycles. The summed E-state index contributed by atoms with van der Waals surface area (Å²) in [7, 11) is 0. The minimum atomic E-state index is -1.03. The van der Waals surface area contributed by atoms with Crippen molar-refractivity contribution in [2.45, 2.75) is 45.2 Å². The van der Waals surface area contributed by atoms with E-state index in [1.165, 1.54) is 0 Å². The van der Waals surface area contributed by atoms with Crippen LogP contribution in [0.1, 0.15) is 38.0 Å². The van der Waals surface area contributed by atoms with E-state index in [1.54, 1.807) is 21.1 Å². The Bertz CT molecular complexity index is 503. The number of carbonyl (C=O) groups excluding carboxylic acids is 1. The molecule has 0 spiro atoms. The first-order chi connectivity index (χ1) is 10.0. The van der Waals surface area contributed by atoms with E-state index >= 15 is 0 Å². The van der Waals surface area contributed by atoms with Gasteiger partial charge in [-0.3, -0.25) is 0 Å². The van der Waals surface area contributed by atoms with Crippen LogP contribution in [0.15, 0.2) is 17.5 Å². The molecule has 2 amide bonds. The van der Waals surface area contributed by atoms with Crippen molar-refractivity contribution in [3.05, 3.63) is 22.4 Å². The Hall–Kier alpha value is -1.56. The number of urea groups is 1. The number of aliphatic carboxylic acids is 1. The van der Waals surface area contributed by atoms with Gasteiger partial charge in [0.25, 0.3) is 0 Å². The smallest absolute Gasteiger partial charge is 0.329 e. The van der Waals surface area contributed by atoms with Gasteiger partial charge >= 0.3 is 12.0 Å². The topological polar surface area (TPSA) is 60.9 Å². The van der Waals surface area contributed by atoms with Crippen molar-refractivity contribution in [3.8, 4) is 0 Å². The summed E-state index contributed by atoms with van der Waals surface area (Å²) in [5, 5.41) is 11.6. The predicted octanol–water partition coefficient (Wildman–Crippen LogP) is 3.02. The summed E-state index contributed by atoms with van der Waals surface area (Å²) in [6.07, 6.45) is 1.74. The molecule has 1 fully saturated rings. The number of likely N-dealkylation sites (tertiary alicyclic amines) is 1. The van der Waals surface area contributed by atoms with E-state index in [2.05, 4.69) is 0 Å². The van der Waals surface area contributed by atoms with Gasteiger partial charge in [-0.15, -0.1) is 11.3 Å². The molecule has 116 valence electrons. The van der Waals surface area contributed by atoms with Gasteiger partial charge in [0.2, 0.25) is 0 Å². The van der Waals surface area contributed by atoms with E-state index in [-0.39, 0.29) is 6.03 Å². The van der Waals surface area contributed by atoms with E-state index in [4.69, 9.17) is 0 Å². The Morgan fingerprint density at radius 3 is 2.76 bits per heavy atom. The lowest BCUT2D eigenvalue weighted by Gasteiger charge is -2.37. The number of amides is 2. The molecule has 0 aromatic carbocycles. The Labute approximate surface area is 129 Å². The van der Waals surface area contributed by atoms with Crippen molar-refractivity contribution >= 4 is 23.3 Å². The highest BCUT2D eigenvalue weighted by Crippen LogP contribution is 2.34. The van der Waals surface area contributed by atoms with Gasteiger partial charge in [0, 0.05) is 18.0 Å². The van der Waals surface area contributed by atoms with E-state index < -0.39 is 11.5 Å². The van der Waals surface area contributed by atoms with Crippen LogP contribution in [0.25, 0.3) is 0 Å². The molecule has 1 aliphatic rings. The Morgan fingerprint density at radius 2 is 2.24 bits per heavy atom. The minimum absolute atomic E-state index is 0.160. The molecule has 0 bridgehead atoms. The second kappa shape index (κ2) is 6.47. The normalized spacial score (nSPS) is 21.5. The van der Waals surface area contributed by atoms with Crippen LogP contribution in [0.2, 0.25) is 0 Å². The molecule has 0 aliphatic carbocycles.